The Bertz CT molecular complexity index is 916. The molecule has 1 aliphatic heterocycles. The first kappa shape index (κ1) is 18.1. The van der Waals surface area contributed by atoms with Gasteiger partial charge in [-0.1, -0.05) is 30.3 Å². The van der Waals surface area contributed by atoms with Gasteiger partial charge in [0.05, 0.1) is 7.11 Å². The standard InChI is InChI=1S/C23H27NO3/c1-16-23(18-8-4-3-5-9-18)20-12-21(26-2)19(11-22(20)27-16)14-24-10-6-7-17(13-24)15-25/h3-5,8-9,11-12,17,25H,6-7,10,13-15H2,1-2H3/t17-/m1/s1. The number of nitrogens with zero attached hydrogens (tertiary/aromatic N) is 1. The zero-order valence-electron chi connectivity index (χ0n) is 16.1. The van der Waals surface area contributed by atoms with Gasteiger partial charge in [-0.05, 0) is 49.9 Å². The highest BCUT2D eigenvalue weighted by molar-refractivity contribution is 5.97. The first-order chi connectivity index (χ1) is 13.2. The van der Waals surface area contributed by atoms with Crippen LogP contribution in [0.15, 0.2) is 46.9 Å². The van der Waals surface area contributed by atoms with Crippen LogP contribution in [-0.2, 0) is 6.54 Å². The van der Waals surface area contributed by atoms with Gasteiger partial charge in [0.15, 0.2) is 0 Å². The van der Waals surface area contributed by atoms with Crippen molar-refractivity contribution in [3.8, 4) is 16.9 Å². The molecule has 4 heteroatoms. The van der Waals surface area contributed by atoms with Crippen LogP contribution in [0, 0.1) is 12.8 Å². The highest BCUT2D eigenvalue weighted by Crippen LogP contribution is 2.38. The minimum absolute atomic E-state index is 0.268. The van der Waals surface area contributed by atoms with Crippen LogP contribution in [0.3, 0.4) is 0 Å². The molecule has 1 atom stereocenters. The third kappa shape index (κ3) is 3.60. The summed E-state index contributed by atoms with van der Waals surface area (Å²) in [5.41, 5.74) is 4.33. The molecular formula is C23H27NO3. The van der Waals surface area contributed by atoms with E-state index in [2.05, 4.69) is 29.2 Å². The van der Waals surface area contributed by atoms with Crippen molar-refractivity contribution < 1.29 is 14.3 Å². The summed E-state index contributed by atoms with van der Waals surface area (Å²) in [5, 5.41) is 10.6. The number of hydrogen-bond acceptors (Lipinski definition) is 4. The van der Waals surface area contributed by atoms with E-state index in [-0.39, 0.29) is 6.61 Å². The molecule has 142 valence electrons. The van der Waals surface area contributed by atoms with Crippen LogP contribution in [0.2, 0.25) is 0 Å². The molecule has 4 nitrogen and oxygen atoms in total. The van der Waals surface area contributed by atoms with Gasteiger partial charge in [-0.3, -0.25) is 4.90 Å². The lowest BCUT2D eigenvalue weighted by atomic mass is 9.97. The number of likely N-dealkylation sites (tertiary alicyclic amines) is 1. The molecule has 0 amide bonds. The molecule has 27 heavy (non-hydrogen) atoms. The molecule has 0 aliphatic carbocycles. The number of aliphatic hydroxyl groups is 1. The van der Waals surface area contributed by atoms with Crippen LogP contribution in [0.25, 0.3) is 22.1 Å². The van der Waals surface area contributed by atoms with Gasteiger partial charge < -0.3 is 14.3 Å². The Morgan fingerprint density at radius 3 is 2.78 bits per heavy atom. The zero-order valence-corrected chi connectivity index (χ0v) is 16.1. The summed E-state index contributed by atoms with van der Waals surface area (Å²) in [6, 6.07) is 14.6. The molecule has 2 aromatic carbocycles. The average molecular weight is 365 g/mol. The number of benzene rings is 2. The van der Waals surface area contributed by atoms with E-state index in [4.69, 9.17) is 9.15 Å². The summed E-state index contributed by atoms with van der Waals surface area (Å²) in [4.78, 5) is 2.40. The lowest BCUT2D eigenvalue weighted by Gasteiger charge is -2.32. The van der Waals surface area contributed by atoms with E-state index in [1.54, 1.807) is 7.11 Å². The molecule has 0 bridgehead atoms. The summed E-state index contributed by atoms with van der Waals surface area (Å²) in [7, 11) is 1.73. The largest absolute Gasteiger partial charge is 0.496 e. The summed E-state index contributed by atoms with van der Waals surface area (Å²) in [5.74, 6) is 2.20. The SMILES string of the molecule is COc1cc2c(-c3ccccc3)c(C)oc2cc1CN1CCC[C@@H](CO)C1. The highest BCUT2D eigenvalue weighted by Gasteiger charge is 2.22. The Kier molecular flexibility index (Phi) is 5.19. The third-order valence-electron chi connectivity index (χ3n) is 5.58. The number of rotatable bonds is 5. The van der Waals surface area contributed by atoms with Crippen LogP contribution in [0.1, 0.15) is 24.2 Å². The topological polar surface area (TPSA) is 45.8 Å². The van der Waals surface area contributed by atoms with E-state index in [9.17, 15) is 5.11 Å². The molecular weight excluding hydrogens is 338 g/mol. The molecule has 1 saturated heterocycles. The quantitative estimate of drug-likeness (QED) is 0.716. The average Bonchev–Trinajstić information content (AvgIpc) is 3.02. The normalized spacial score (nSPS) is 18.1. The zero-order chi connectivity index (χ0) is 18.8. The smallest absolute Gasteiger partial charge is 0.135 e. The monoisotopic (exact) mass is 365 g/mol. The number of methoxy groups -OCH3 is 1. The second-order valence-electron chi connectivity index (χ2n) is 7.49. The molecule has 1 aliphatic rings. The Morgan fingerprint density at radius 1 is 1.22 bits per heavy atom. The second-order valence-corrected chi connectivity index (χ2v) is 7.49. The molecule has 0 radical (unpaired) electrons. The van der Waals surface area contributed by atoms with E-state index >= 15 is 0 Å². The fourth-order valence-electron chi connectivity index (χ4n) is 4.25. The minimum Gasteiger partial charge on any atom is -0.496 e. The first-order valence-corrected chi connectivity index (χ1v) is 9.68. The number of furan rings is 1. The van der Waals surface area contributed by atoms with Crippen LogP contribution in [0.4, 0.5) is 0 Å². The van der Waals surface area contributed by atoms with Gasteiger partial charge in [0.25, 0.3) is 0 Å². The lowest BCUT2D eigenvalue weighted by molar-refractivity contribution is 0.115. The molecule has 1 fully saturated rings. The Labute approximate surface area is 160 Å². The van der Waals surface area contributed by atoms with E-state index in [0.717, 1.165) is 71.6 Å². The van der Waals surface area contributed by atoms with Crippen molar-refractivity contribution in [2.45, 2.75) is 26.3 Å². The third-order valence-corrected chi connectivity index (χ3v) is 5.58. The Morgan fingerprint density at radius 2 is 2.04 bits per heavy atom. The number of piperidine rings is 1. The van der Waals surface area contributed by atoms with Gasteiger partial charge in [-0.15, -0.1) is 0 Å². The van der Waals surface area contributed by atoms with E-state index < -0.39 is 0 Å². The maximum Gasteiger partial charge on any atom is 0.135 e. The number of fused-ring (bicyclic) bond motifs is 1. The summed E-state index contributed by atoms with van der Waals surface area (Å²) < 4.78 is 11.8. The minimum atomic E-state index is 0.268. The van der Waals surface area contributed by atoms with E-state index in [0.29, 0.717) is 5.92 Å². The van der Waals surface area contributed by atoms with Crippen molar-refractivity contribution in [2.24, 2.45) is 5.92 Å². The van der Waals surface area contributed by atoms with Crippen molar-refractivity contribution in [1.29, 1.82) is 0 Å². The maximum atomic E-state index is 9.49. The van der Waals surface area contributed by atoms with Gasteiger partial charge in [-0.2, -0.15) is 0 Å². The van der Waals surface area contributed by atoms with E-state index in [1.165, 1.54) is 0 Å². The molecule has 1 N–H and O–H groups in total. The second kappa shape index (κ2) is 7.75. The van der Waals surface area contributed by atoms with Crippen molar-refractivity contribution in [1.82, 2.24) is 4.90 Å². The number of aryl methyl sites for hydroxylation is 1. The molecule has 0 spiro atoms. The summed E-state index contributed by atoms with van der Waals surface area (Å²) in [6.45, 7) is 5.10. The van der Waals surface area contributed by atoms with Crippen molar-refractivity contribution in [2.75, 3.05) is 26.8 Å². The van der Waals surface area contributed by atoms with Crippen molar-refractivity contribution >= 4 is 11.0 Å². The van der Waals surface area contributed by atoms with Crippen LogP contribution >= 0.6 is 0 Å². The van der Waals surface area contributed by atoms with Crippen LogP contribution in [-0.4, -0.2) is 36.8 Å². The van der Waals surface area contributed by atoms with Crippen molar-refractivity contribution in [3.63, 3.8) is 0 Å². The van der Waals surface area contributed by atoms with Crippen LogP contribution in [0.5, 0.6) is 5.75 Å². The van der Waals surface area contributed by atoms with Crippen LogP contribution < -0.4 is 4.74 Å². The Balaban J connectivity index is 1.71. The molecule has 0 unspecified atom stereocenters. The molecule has 2 heterocycles. The Hall–Kier alpha value is -2.30. The maximum absolute atomic E-state index is 9.49. The van der Waals surface area contributed by atoms with Gasteiger partial charge >= 0.3 is 0 Å². The van der Waals surface area contributed by atoms with Gasteiger partial charge in [0.1, 0.15) is 17.1 Å². The molecule has 1 aromatic heterocycles. The summed E-state index contributed by atoms with van der Waals surface area (Å²) in [6.07, 6.45) is 2.24. The van der Waals surface area contributed by atoms with Gasteiger partial charge in [-0.25, -0.2) is 0 Å². The first-order valence-electron chi connectivity index (χ1n) is 9.68. The molecule has 4 rings (SSSR count). The van der Waals surface area contributed by atoms with Gasteiger partial charge in [0, 0.05) is 36.2 Å². The van der Waals surface area contributed by atoms with E-state index in [1.807, 2.05) is 25.1 Å². The fourth-order valence-corrected chi connectivity index (χ4v) is 4.25. The predicted molar refractivity (Wildman–Crippen MR) is 108 cm³/mol. The molecule has 3 aromatic rings. The van der Waals surface area contributed by atoms with Gasteiger partial charge in [0.2, 0.25) is 0 Å². The lowest BCUT2D eigenvalue weighted by Crippen LogP contribution is -2.36. The number of ether oxygens (including phenoxy) is 1. The highest BCUT2D eigenvalue weighted by atomic mass is 16.5. The van der Waals surface area contributed by atoms with Crippen molar-refractivity contribution in [3.05, 3.63) is 53.8 Å². The molecule has 0 saturated carbocycles. The number of hydrogen-bond donors (Lipinski definition) is 1. The fraction of sp³-hybridized carbons (Fsp3) is 0.391. The predicted octanol–water partition coefficient (Wildman–Crippen LogP) is 4.62. The number of aliphatic hydroxyl groups excluding tert-OH is 1. The summed E-state index contributed by atoms with van der Waals surface area (Å²) >= 11 is 0.